The molecule has 1 atom stereocenters. The minimum absolute atomic E-state index is 0.00117. The van der Waals surface area contributed by atoms with Gasteiger partial charge >= 0.3 is 5.97 Å². The normalized spacial score (nSPS) is 19.1. The Labute approximate surface area is 93.6 Å². The van der Waals surface area contributed by atoms with Crippen molar-refractivity contribution in [1.82, 2.24) is 0 Å². The molecular weight excluding hydrogens is 206 g/mol. The molecule has 0 saturated carbocycles. The van der Waals surface area contributed by atoms with E-state index in [2.05, 4.69) is 4.99 Å². The van der Waals surface area contributed by atoms with Crippen LogP contribution in [0.25, 0.3) is 0 Å². The number of rotatable bonds is 3. The largest absolute Gasteiger partial charge is 0.481 e. The van der Waals surface area contributed by atoms with Crippen molar-refractivity contribution in [1.29, 1.82) is 0 Å². The van der Waals surface area contributed by atoms with Crippen LogP contribution in [0.3, 0.4) is 0 Å². The lowest BCUT2D eigenvalue weighted by Crippen LogP contribution is -2.17. The number of nitrogens with zero attached hydrogens (tertiary/aromatic N) is 1. The molecule has 0 bridgehead atoms. The molecule has 1 aromatic rings. The van der Waals surface area contributed by atoms with E-state index in [4.69, 9.17) is 9.84 Å². The van der Waals surface area contributed by atoms with E-state index >= 15 is 0 Å². The summed E-state index contributed by atoms with van der Waals surface area (Å²) < 4.78 is 5.48. The maximum Gasteiger partial charge on any atom is 0.307 e. The first-order valence-corrected chi connectivity index (χ1v) is 5.15. The van der Waals surface area contributed by atoms with Crippen molar-refractivity contribution in [3.05, 3.63) is 35.4 Å². The molecule has 84 valence electrons. The summed E-state index contributed by atoms with van der Waals surface area (Å²) in [4.78, 5) is 14.7. The number of carboxylic acid groups (broad SMARTS) is 1. The number of hydrogen-bond acceptors (Lipinski definition) is 3. The lowest BCUT2D eigenvalue weighted by atomic mass is 10.1. The van der Waals surface area contributed by atoms with Gasteiger partial charge in [-0.1, -0.05) is 17.7 Å². The molecule has 1 unspecified atom stereocenters. The van der Waals surface area contributed by atoms with Crippen molar-refractivity contribution >= 4 is 11.9 Å². The van der Waals surface area contributed by atoms with Crippen molar-refractivity contribution in [2.24, 2.45) is 4.99 Å². The Morgan fingerprint density at radius 3 is 3.12 bits per heavy atom. The molecule has 4 nitrogen and oxygen atoms in total. The van der Waals surface area contributed by atoms with E-state index in [9.17, 15) is 4.79 Å². The van der Waals surface area contributed by atoms with Crippen molar-refractivity contribution in [2.75, 3.05) is 6.54 Å². The van der Waals surface area contributed by atoms with Crippen LogP contribution in [0, 0.1) is 6.92 Å². The minimum atomic E-state index is -0.856. The molecule has 0 fully saturated rings. The van der Waals surface area contributed by atoms with E-state index in [0.717, 1.165) is 11.1 Å². The Kier molecular flexibility index (Phi) is 2.90. The van der Waals surface area contributed by atoms with Crippen molar-refractivity contribution in [3.8, 4) is 0 Å². The van der Waals surface area contributed by atoms with Gasteiger partial charge in [-0.15, -0.1) is 0 Å². The maximum atomic E-state index is 10.5. The van der Waals surface area contributed by atoms with Crippen LogP contribution < -0.4 is 0 Å². The van der Waals surface area contributed by atoms with Crippen LogP contribution in [0.1, 0.15) is 17.5 Å². The molecule has 1 N–H and O–H groups in total. The number of aryl methyl sites for hydroxylation is 1. The van der Waals surface area contributed by atoms with Gasteiger partial charge in [0.2, 0.25) is 5.90 Å². The van der Waals surface area contributed by atoms with Gasteiger partial charge in [-0.05, 0) is 19.1 Å². The summed E-state index contributed by atoms with van der Waals surface area (Å²) in [5.41, 5.74) is 2.04. The highest BCUT2D eigenvalue weighted by atomic mass is 16.5. The van der Waals surface area contributed by atoms with Crippen LogP contribution in [0.5, 0.6) is 0 Å². The topological polar surface area (TPSA) is 58.9 Å². The quantitative estimate of drug-likeness (QED) is 0.840. The first kappa shape index (κ1) is 10.7. The van der Waals surface area contributed by atoms with Gasteiger partial charge in [0.15, 0.2) is 0 Å². The molecule has 0 aliphatic carbocycles. The standard InChI is InChI=1S/C12H13NO3/c1-8-3-2-4-9(5-8)12-13-7-10(16-12)6-11(14)15/h2-5,10H,6-7H2,1H3,(H,14,15). The van der Waals surface area contributed by atoms with Crippen molar-refractivity contribution in [2.45, 2.75) is 19.4 Å². The molecule has 1 aromatic carbocycles. The molecule has 1 aliphatic rings. The molecular formula is C12H13NO3. The summed E-state index contributed by atoms with van der Waals surface area (Å²) in [7, 11) is 0. The molecule has 0 saturated heterocycles. The lowest BCUT2D eigenvalue weighted by molar-refractivity contribution is -0.138. The molecule has 1 aliphatic heterocycles. The second-order valence-corrected chi connectivity index (χ2v) is 3.85. The zero-order chi connectivity index (χ0) is 11.5. The third-order valence-electron chi connectivity index (χ3n) is 2.38. The lowest BCUT2D eigenvalue weighted by Gasteiger charge is -2.08. The Balaban J connectivity index is 2.06. The summed E-state index contributed by atoms with van der Waals surface area (Å²) >= 11 is 0. The predicted octanol–water partition coefficient (Wildman–Crippen LogP) is 1.62. The number of ether oxygens (including phenoxy) is 1. The molecule has 0 spiro atoms. The number of carbonyl (C=O) groups is 1. The van der Waals surface area contributed by atoms with Gasteiger partial charge in [-0.3, -0.25) is 4.79 Å². The molecule has 1 heterocycles. The summed E-state index contributed by atoms with van der Waals surface area (Å²) in [5, 5.41) is 8.64. The molecule has 0 radical (unpaired) electrons. The predicted molar refractivity (Wildman–Crippen MR) is 59.7 cm³/mol. The van der Waals surface area contributed by atoms with E-state index in [1.807, 2.05) is 31.2 Å². The zero-order valence-corrected chi connectivity index (χ0v) is 9.01. The molecule has 0 amide bonds. The van der Waals surface area contributed by atoms with Crippen LogP contribution in [0.4, 0.5) is 0 Å². The first-order chi connectivity index (χ1) is 7.65. The van der Waals surface area contributed by atoms with E-state index < -0.39 is 5.97 Å². The van der Waals surface area contributed by atoms with Crippen molar-refractivity contribution in [3.63, 3.8) is 0 Å². The smallest absolute Gasteiger partial charge is 0.307 e. The zero-order valence-electron chi connectivity index (χ0n) is 9.01. The molecule has 4 heteroatoms. The number of aliphatic carboxylic acids is 1. The van der Waals surface area contributed by atoms with Gasteiger partial charge < -0.3 is 9.84 Å². The third kappa shape index (κ3) is 2.39. The van der Waals surface area contributed by atoms with Crippen LogP contribution >= 0.6 is 0 Å². The summed E-state index contributed by atoms with van der Waals surface area (Å²) in [6.45, 7) is 2.42. The number of hydrogen-bond donors (Lipinski definition) is 1. The van der Waals surface area contributed by atoms with Gasteiger partial charge in [-0.25, -0.2) is 4.99 Å². The monoisotopic (exact) mass is 219 g/mol. The summed E-state index contributed by atoms with van der Waals surface area (Å²) in [6.07, 6.45) is -0.327. The fraction of sp³-hybridized carbons (Fsp3) is 0.333. The highest BCUT2D eigenvalue weighted by molar-refractivity contribution is 5.95. The Hall–Kier alpha value is -1.84. The van der Waals surface area contributed by atoms with Gasteiger partial charge in [0.1, 0.15) is 6.10 Å². The fourth-order valence-corrected chi connectivity index (χ4v) is 1.66. The Morgan fingerprint density at radius 1 is 1.62 bits per heavy atom. The Bertz CT molecular complexity index is 440. The molecule has 0 aromatic heterocycles. The molecule has 16 heavy (non-hydrogen) atoms. The fourth-order valence-electron chi connectivity index (χ4n) is 1.66. The van der Waals surface area contributed by atoms with Gasteiger partial charge in [0.25, 0.3) is 0 Å². The first-order valence-electron chi connectivity index (χ1n) is 5.15. The highest BCUT2D eigenvalue weighted by Gasteiger charge is 2.23. The highest BCUT2D eigenvalue weighted by Crippen LogP contribution is 2.15. The van der Waals surface area contributed by atoms with Gasteiger partial charge in [-0.2, -0.15) is 0 Å². The van der Waals surface area contributed by atoms with Gasteiger partial charge in [0, 0.05) is 5.56 Å². The van der Waals surface area contributed by atoms with E-state index in [0.29, 0.717) is 12.4 Å². The number of aliphatic imine (C=N–C) groups is 1. The Morgan fingerprint density at radius 2 is 2.44 bits per heavy atom. The van der Waals surface area contributed by atoms with Crippen molar-refractivity contribution < 1.29 is 14.6 Å². The molecule has 2 rings (SSSR count). The van der Waals surface area contributed by atoms with Crippen LogP contribution in [0.15, 0.2) is 29.3 Å². The summed E-state index contributed by atoms with van der Waals surface area (Å²) in [5.74, 6) is -0.305. The average molecular weight is 219 g/mol. The van der Waals surface area contributed by atoms with Crippen LogP contribution in [-0.4, -0.2) is 29.6 Å². The second kappa shape index (κ2) is 4.35. The van der Waals surface area contributed by atoms with E-state index in [1.54, 1.807) is 0 Å². The SMILES string of the molecule is Cc1cccc(C2=NCC(CC(=O)O)O2)c1. The van der Waals surface area contributed by atoms with E-state index in [1.165, 1.54) is 0 Å². The maximum absolute atomic E-state index is 10.5. The third-order valence-corrected chi connectivity index (χ3v) is 2.38. The minimum Gasteiger partial charge on any atom is -0.481 e. The second-order valence-electron chi connectivity index (χ2n) is 3.85. The summed E-state index contributed by atoms with van der Waals surface area (Å²) in [6, 6.07) is 7.81. The van der Waals surface area contributed by atoms with Crippen LogP contribution in [0.2, 0.25) is 0 Å². The van der Waals surface area contributed by atoms with E-state index in [-0.39, 0.29) is 12.5 Å². The van der Waals surface area contributed by atoms with Crippen LogP contribution in [-0.2, 0) is 9.53 Å². The van der Waals surface area contributed by atoms with Gasteiger partial charge in [0.05, 0.1) is 13.0 Å². The average Bonchev–Trinajstić information content (AvgIpc) is 2.65. The number of carboxylic acids is 1. The number of benzene rings is 1.